The normalized spacial score (nSPS) is 16.2. The van der Waals surface area contributed by atoms with Crippen LogP contribution in [0.15, 0.2) is 58.6 Å². The minimum atomic E-state index is -0.740. The average molecular weight is 423 g/mol. The number of rotatable bonds is 8. The van der Waals surface area contributed by atoms with Crippen LogP contribution in [0.3, 0.4) is 0 Å². The predicted octanol–water partition coefficient (Wildman–Crippen LogP) is 3.25. The summed E-state index contributed by atoms with van der Waals surface area (Å²) in [5.74, 6) is -0.0905. The maximum Gasteiger partial charge on any atom is 0.311 e. The topological polar surface area (TPSA) is 89.8 Å². The molecular formula is C23H25N3O5. The third kappa shape index (κ3) is 4.91. The molecule has 162 valence electrons. The largest absolute Gasteiger partial charge is 0.497 e. The number of aliphatic imine (C=N–C) groups is 1. The van der Waals surface area contributed by atoms with E-state index < -0.39 is 11.9 Å². The van der Waals surface area contributed by atoms with Crippen LogP contribution in [0, 0.1) is 5.92 Å². The molecule has 1 atom stereocenters. The molecule has 0 aliphatic carbocycles. The van der Waals surface area contributed by atoms with Crippen molar-refractivity contribution in [1.29, 1.82) is 0 Å². The Balaban J connectivity index is 1.89. The number of para-hydroxylation sites is 1. The van der Waals surface area contributed by atoms with E-state index in [4.69, 9.17) is 14.2 Å². The summed E-state index contributed by atoms with van der Waals surface area (Å²) in [7, 11) is 4.47. The lowest BCUT2D eigenvalue weighted by molar-refractivity contribution is -0.139. The first-order chi connectivity index (χ1) is 15.0. The number of hydrogen-bond donors (Lipinski definition) is 0. The number of carbonyl (C=O) groups is 2. The summed E-state index contributed by atoms with van der Waals surface area (Å²) in [5, 5.41) is 5.72. The Kier molecular flexibility index (Phi) is 7.02. The summed E-state index contributed by atoms with van der Waals surface area (Å²) in [5.41, 5.74) is 2.44. The van der Waals surface area contributed by atoms with Crippen LogP contribution < -0.4 is 14.5 Å². The molecule has 0 fully saturated rings. The Hall–Kier alpha value is -3.68. The lowest BCUT2D eigenvalue weighted by Gasteiger charge is -2.15. The van der Waals surface area contributed by atoms with Crippen molar-refractivity contribution < 1.29 is 23.8 Å². The van der Waals surface area contributed by atoms with Gasteiger partial charge >= 0.3 is 5.97 Å². The van der Waals surface area contributed by atoms with Crippen LogP contribution in [0.4, 0.5) is 5.69 Å². The van der Waals surface area contributed by atoms with Crippen molar-refractivity contribution in [3.05, 3.63) is 54.1 Å². The van der Waals surface area contributed by atoms with Crippen LogP contribution in [-0.2, 0) is 20.9 Å². The zero-order valence-electron chi connectivity index (χ0n) is 18.0. The molecule has 1 unspecified atom stereocenters. The molecule has 0 N–H and O–H groups in total. The van der Waals surface area contributed by atoms with E-state index >= 15 is 0 Å². The number of ether oxygens (including phenoxy) is 3. The highest BCUT2D eigenvalue weighted by Crippen LogP contribution is 2.28. The van der Waals surface area contributed by atoms with Gasteiger partial charge in [-0.2, -0.15) is 10.1 Å². The second-order valence-electron chi connectivity index (χ2n) is 6.89. The first-order valence-electron chi connectivity index (χ1n) is 9.73. The minimum absolute atomic E-state index is 0.0962. The maximum atomic E-state index is 13.2. The van der Waals surface area contributed by atoms with Crippen LogP contribution in [0.1, 0.15) is 18.9 Å². The van der Waals surface area contributed by atoms with Crippen molar-refractivity contribution in [1.82, 2.24) is 0 Å². The van der Waals surface area contributed by atoms with E-state index in [0.717, 1.165) is 11.3 Å². The zero-order valence-corrected chi connectivity index (χ0v) is 18.0. The predicted molar refractivity (Wildman–Crippen MR) is 118 cm³/mol. The molecule has 2 aromatic carbocycles. The zero-order chi connectivity index (χ0) is 22.4. The number of nitrogens with zero attached hydrogens (tertiary/aromatic N) is 3. The Bertz CT molecular complexity index is 1010. The van der Waals surface area contributed by atoms with E-state index in [1.165, 1.54) is 12.1 Å². The van der Waals surface area contributed by atoms with E-state index in [1.54, 1.807) is 45.4 Å². The van der Waals surface area contributed by atoms with Gasteiger partial charge in [-0.15, -0.1) is 0 Å². The summed E-state index contributed by atoms with van der Waals surface area (Å²) >= 11 is 0. The van der Waals surface area contributed by atoms with Crippen LogP contribution in [-0.4, -0.2) is 44.6 Å². The van der Waals surface area contributed by atoms with Crippen molar-refractivity contribution in [2.45, 2.75) is 19.9 Å². The molecule has 0 radical (unpaired) electrons. The Morgan fingerprint density at radius 3 is 2.42 bits per heavy atom. The highest BCUT2D eigenvalue weighted by atomic mass is 16.5. The Labute approximate surface area is 181 Å². The van der Waals surface area contributed by atoms with Gasteiger partial charge in [0.25, 0.3) is 5.91 Å². The SMILES string of the molecule is COC(=O)CC1=NN(c2ccc(OC)cc2)C(=O)C1C(C)=NCc1ccccc1OC. The number of benzene rings is 2. The number of methoxy groups -OCH3 is 3. The van der Waals surface area contributed by atoms with E-state index in [-0.39, 0.29) is 12.3 Å². The molecule has 3 rings (SSSR count). The Morgan fingerprint density at radius 2 is 1.77 bits per heavy atom. The summed E-state index contributed by atoms with van der Waals surface area (Å²) in [4.78, 5) is 29.8. The molecule has 1 heterocycles. The van der Waals surface area contributed by atoms with Gasteiger partial charge in [-0.3, -0.25) is 14.6 Å². The molecular weight excluding hydrogens is 398 g/mol. The van der Waals surface area contributed by atoms with Crippen LogP contribution in [0.25, 0.3) is 0 Å². The smallest absolute Gasteiger partial charge is 0.311 e. The molecule has 0 saturated carbocycles. The number of carbonyl (C=O) groups excluding carboxylic acids is 2. The van der Waals surface area contributed by atoms with Crippen LogP contribution in [0.2, 0.25) is 0 Å². The fourth-order valence-corrected chi connectivity index (χ4v) is 3.32. The summed E-state index contributed by atoms with van der Waals surface area (Å²) in [6.45, 7) is 2.11. The van der Waals surface area contributed by atoms with Gasteiger partial charge in [-0.25, -0.2) is 0 Å². The number of amides is 1. The molecule has 2 aromatic rings. The quantitative estimate of drug-likeness (QED) is 0.480. The number of hydrogen-bond acceptors (Lipinski definition) is 7. The van der Waals surface area contributed by atoms with Gasteiger partial charge in [0.15, 0.2) is 0 Å². The lowest BCUT2D eigenvalue weighted by atomic mass is 9.95. The molecule has 0 aromatic heterocycles. The molecule has 8 heteroatoms. The molecule has 0 saturated heterocycles. The number of anilines is 1. The van der Waals surface area contributed by atoms with E-state index in [0.29, 0.717) is 29.4 Å². The van der Waals surface area contributed by atoms with E-state index in [9.17, 15) is 9.59 Å². The van der Waals surface area contributed by atoms with Crippen LogP contribution >= 0.6 is 0 Å². The first-order valence-corrected chi connectivity index (χ1v) is 9.73. The first kappa shape index (κ1) is 22.0. The van der Waals surface area contributed by atoms with Gasteiger partial charge in [-0.05, 0) is 37.3 Å². The maximum absolute atomic E-state index is 13.2. The van der Waals surface area contributed by atoms with Crippen molar-refractivity contribution in [2.75, 3.05) is 26.3 Å². The van der Waals surface area contributed by atoms with Gasteiger partial charge in [-0.1, -0.05) is 18.2 Å². The fraction of sp³-hybridized carbons (Fsp3) is 0.304. The van der Waals surface area contributed by atoms with E-state index in [1.807, 2.05) is 24.3 Å². The second kappa shape index (κ2) is 9.88. The van der Waals surface area contributed by atoms with Crippen molar-refractivity contribution in [2.24, 2.45) is 16.0 Å². The molecule has 0 bridgehead atoms. The van der Waals surface area contributed by atoms with Gasteiger partial charge in [0.05, 0.1) is 45.7 Å². The number of esters is 1. The molecule has 1 amide bonds. The monoisotopic (exact) mass is 423 g/mol. The van der Waals surface area contributed by atoms with Crippen molar-refractivity contribution in [3.8, 4) is 11.5 Å². The van der Waals surface area contributed by atoms with Gasteiger partial charge in [0.1, 0.15) is 17.4 Å². The lowest BCUT2D eigenvalue weighted by Crippen LogP contribution is -2.33. The molecule has 8 nitrogen and oxygen atoms in total. The standard InChI is InChI=1S/C23H25N3O5/c1-15(24-14-16-7-5-6-8-20(16)30-3)22-19(13-21(27)31-4)25-26(23(22)28)17-9-11-18(29-2)12-10-17/h5-12,22H,13-14H2,1-4H3. The summed E-state index contributed by atoms with van der Waals surface area (Å²) in [6, 6.07) is 14.5. The van der Waals surface area contributed by atoms with Gasteiger partial charge in [0.2, 0.25) is 0 Å². The van der Waals surface area contributed by atoms with Crippen molar-refractivity contribution >= 4 is 29.0 Å². The minimum Gasteiger partial charge on any atom is -0.497 e. The molecule has 31 heavy (non-hydrogen) atoms. The fourth-order valence-electron chi connectivity index (χ4n) is 3.32. The summed E-state index contributed by atoms with van der Waals surface area (Å²) in [6.07, 6.45) is -0.0962. The third-order valence-electron chi connectivity index (χ3n) is 5.00. The molecule has 1 aliphatic heterocycles. The van der Waals surface area contributed by atoms with Gasteiger partial charge in [0, 0.05) is 11.3 Å². The molecule has 1 aliphatic rings. The summed E-state index contributed by atoms with van der Waals surface area (Å²) < 4.78 is 15.3. The van der Waals surface area contributed by atoms with Crippen molar-refractivity contribution in [3.63, 3.8) is 0 Å². The van der Waals surface area contributed by atoms with E-state index in [2.05, 4.69) is 10.1 Å². The number of hydrazone groups is 1. The second-order valence-corrected chi connectivity index (χ2v) is 6.89. The highest BCUT2D eigenvalue weighted by Gasteiger charge is 2.39. The third-order valence-corrected chi connectivity index (χ3v) is 5.00. The average Bonchev–Trinajstić information content (AvgIpc) is 3.13. The Morgan fingerprint density at radius 1 is 1.06 bits per heavy atom. The van der Waals surface area contributed by atoms with Crippen LogP contribution in [0.5, 0.6) is 11.5 Å². The van der Waals surface area contributed by atoms with Gasteiger partial charge < -0.3 is 14.2 Å². The molecule has 0 spiro atoms. The highest BCUT2D eigenvalue weighted by molar-refractivity contribution is 6.30.